The van der Waals surface area contributed by atoms with Crippen molar-refractivity contribution >= 4 is 12.1 Å². The van der Waals surface area contributed by atoms with Gasteiger partial charge in [-0.05, 0) is 18.6 Å². The molecule has 0 spiro atoms. The summed E-state index contributed by atoms with van der Waals surface area (Å²) in [6.07, 6.45) is 0.740. The van der Waals surface area contributed by atoms with E-state index in [-0.39, 0.29) is 0 Å². The lowest BCUT2D eigenvalue weighted by molar-refractivity contribution is -0.107. The van der Waals surface area contributed by atoms with Gasteiger partial charge in [0.2, 0.25) is 6.41 Å². The minimum Gasteiger partial charge on any atom is -0.496 e. The summed E-state index contributed by atoms with van der Waals surface area (Å²) in [7, 11) is 4.84. The molecule has 0 N–H and O–H groups in total. The lowest BCUT2D eigenvalue weighted by Gasteiger charge is -2.17. The van der Waals surface area contributed by atoms with E-state index in [9.17, 15) is 4.79 Å². The first-order chi connectivity index (χ1) is 7.13. The van der Waals surface area contributed by atoms with Crippen molar-refractivity contribution in [3.8, 4) is 11.5 Å². The summed E-state index contributed by atoms with van der Waals surface area (Å²) < 4.78 is 10.4. The summed E-state index contributed by atoms with van der Waals surface area (Å²) >= 11 is 0. The van der Waals surface area contributed by atoms with Crippen molar-refractivity contribution in [1.82, 2.24) is 0 Å². The number of carbonyl (C=O) groups excluding carboxylic acids is 1. The Kier molecular flexibility index (Phi) is 3.55. The van der Waals surface area contributed by atoms with Crippen molar-refractivity contribution < 1.29 is 14.3 Å². The van der Waals surface area contributed by atoms with Crippen molar-refractivity contribution in [1.29, 1.82) is 0 Å². The fourth-order valence-corrected chi connectivity index (χ4v) is 1.37. The van der Waals surface area contributed by atoms with Crippen LogP contribution in [0.15, 0.2) is 12.1 Å². The van der Waals surface area contributed by atoms with Gasteiger partial charge in [-0.2, -0.15) is 0 Å². The molecule has 0 saturated heterocycles. The number of aryl methyl sites for hydroxylation is 1. The van der Waals surface area contributed by atoms with Gasteiger partial charge in [0.15, 0.2) is 0 Å². The van der Waals surface area contributed by atoms with Crippen LogP contribution in [0.4, 0.5) is 5.69 Å². The Bertz CT molecular complexity index is 363. The number of carbonyl (C=O) groups is 1. The molecule has 15 heavy (non-hydrogen) atoms. The average molecular weight is 209 g/mol. The van der Waals surface area contributed by atoms with Crippen molar-refractivity contribution in [2.45, 2.75) is 6.92 Å². The number of nitrogens with zero attached hydrogens (tertiary/aromatic N) is 1. The third-order valence-corrected chi connectivity index (χ3v) is 2.23. The third kappa shape index (κ3) is 2.21. The molecule has 0 unspecified atom stereocenters. The topological polar surface area (TPSA) is 38.8 Å². The molecule has 4 nitrogen and oxygen atoms in total. The highest BCUT2D eigenvalue weighted by Gasteiger charge is 2.11. The largest absolute Gasteiger partial charge is 0.496 e. The lowest BCUT2D eigenvalue weighted by atomic mass is 10.1. The van der Waals surface area contributed by atoms with E-state index in [0.717, 1.165) is 23.4 Å². The molecule has 0 aromatic heterocycles. The first kappa shape index (κ1) is 11.4. The molecule has 0 atom stereocenters. The van der Waals surface area contributed by atoms with Crippen molar-refractivity contribution in [3.63, 3.8) is 0 Å². The van der Waals surface area contributed by atoms with E-state index >= 15 is 0 Å². The highest BCUT2D eigenvalue weighted by molar-refractivity contribution is 5.79. The second kappa shape index (κ2) is 4.68. The molecule has 0 radical (unpaired) electrons. The Morgan fingerprint density at radius 2 is 1.80 bits per heavy atom. The molecule has 1 amide bonds. The van der Waals surface area contributed by atoms with Crippen LogP contribution in [-0.2, 0) is 4.79 Å². The van der Waals surface area contributed by atoms with Gasteiger partial charge >= 0.3 is 0 Å². The third-order valence-electron chi connectivity index (χ3n) is 2.23. The number of benzene rings is 1. The van der Waals surface area contributed by atoms with Crippen LogP contribution in [0.3, 0.4) is 0 Å². The maximum atomic E-state index is 10.7. The number of amides is 1. The standard InChI is InChI=1S/C11H15NO3/c1-8-5-9(12(2)7-13)11(15-4)6-10(8)14-3/h5-7H,1-4H3. The van der Waals surface area contributed by atoms with Gasteiger partial charge in [0, 0.05) is 13.1 Å². The monoisotopic (exact) mass is 209 g/mol. The molecule has 0 fully saturated rings. The molecule has 0 aliphatic rings. The smallest absolute Gasteiger partial charge is 0.213 e. The van der Waals surface area contributed by atoms with Crippen LogP contribution in [0, 0.1) is 6.92 Å². The van der Waals surface area contributed by atoms with Crippen LogP contribution < -0.4 is 14.4 Å². The Labute approximate surface area is 89.4 Å². The predicted molar refractivity (Wildman–Crippen MR) is 58.8 cm³/mol. The summed E-state index contributed by atoms with van der Waals surface area (Å²) in [5.41, 5.74) is 1.69. The number of methoxy groups -OCH3 is 2. The van der Waals surface area contributed by atoms with Gasteiger partial charge in [0.25, 0.3) is 0 Å². The van der Waals surface area contributed by atoms with Crippen LogP contribution in [-0.4, -0.2) is 27.7 Å². The van der Waals surface area contributed by atoms with E-state index in [0.29, 0.717) is 5.75 Å². The van der Waals surface area contributed by atoms with Gasteiger partial charge in [-0.25, -0.2) is 0 Å². The molecule has 1 aromatic rings. The highest BCUT2D eigenvalue weighted by Crippen LogP contribution is 2.33. The summed E-state index contributed by atoms with van der Waals surface area (Å²) in [5, 5.41) is 0. The van der Waals surface area contributed by atoms with E-state index in [1.165, 1.54) is 4.90 Å². The molecule has 0 heterocycles. The minimum absolute atomic E-state index is 0.618. The van der Waals surface area contributed by atoms with Gasteiger partial charge in [0.05, 0.1) is 19.9 Å². The van der Waals surface area contributed by atoms with Crippen molar-refractivity contribution in [2.75, 3.05) is 26.2 Å². The SMILES string of the molecule is COc1cc(OC)c(N(C)C=O)cc1C. The van der Waals surface area contributed by atoms with E-state index in [1.54, 1.807) is 27.3 Å². The molecule has 4 heteroatoms. The zero-order valence-electron chi connectivity index (χ0n) is 9.40. The normalized spacial score (nSPS) is 9.60. The van der Waals surface area contributed by atoms with Gasteiger partial charge in [-0.15, -0.1) is 0 Å². The summed E-state index contributed by atoms with van der Waals surface area (Å²) in [6.45, 7) is 1.92. The zero-order valence-corrected chi connectivity index (χ0v) is 9.40. The number of ether oxygens (including phenoxy) is 2. The number of rotatable bonds is 4. The Hall–Kier alpha value is -1.71. The molecular weight excluding hydrogens is 194 g/mol. The second-order valence-corrected chi connectivity index (χ2v) is 3.21. The maximum absolute atomic E-state index is 10.7. The number of hydrogen-bond donors (Lipinski definition) is 0. The van der Waals surface area contributed by atoms with Crippen molar-refractivity contribution in [2.24, 2.45) is 0 Å². The summed E-state index contributed by atoms with van der Waals surface area (Å²) in [6, 6.07) is 3.62. The summed E-state index contributed by atoms with van der Waals surface area (Å²) in [4.78, 5) is 12.1. The fourth-order valence-electron chi connectivity index (χ4n) is 1.37. The fraction of sp³-hybridized carbons (Fsp3) is 0.364. The molecule has 0 saturated carbocycles. The molecule has 1 rings (SSSR count). The van der Waals surface area contributed by atoms with Crippen LogP contribution in [0.1, 0.15) is 5.56 Å². The Balaban J connectivity index is 3.26. The van der Waals surface area contributed by atoms with Crippen LogP contribution in [0.2, 0.25) is 0 Å². The maximum Gasteiger partial charge on any atom is 0.213 e. The molecule has 0 aliphatic carbocycles. The van der Waals surface area contributed by atoms with Crippen molar-refractivity contribution in [3.05, 3.63) is 17.7 Å². The average Bonchev–Trinajstić information content (AvgIpc) is 2.27. The van der Waals surface area contributed by atoms with Crippen LogP contribution >= 0.6 is 0 Å². The van der Waals surface area contributed by atoms with Crippen LogP contribution in [0.25, 0.3) is 0 Å². The zero-order chi connectivity index (χ0) is 11.4. The van der Waals surface area contributed by atoms with Gasteiger partial charge in [0.1, 0.15) is 11.5 Å². The van der Waals surface area contributed by atoms with E-state index < -0.39 is 0 Å². The number of hydrogen-bond acceptors (Lipinski definition) is 3. The highest BCUT2D eigenvalue weighted by atomic mass is 16.5. The molecule has 0 bridgehead atoms. The number of anilines is 1. The molecular formula is C11H15NO3. The van der Waals surface area contributed by atoms with E-state index in [2.05, 4.69) is 0 Å². The Morgan fingerprint density at radius 3 is 2.27 bits per heavy atom. The van der Waals surface area contributed by atoms with Crippen LogP contribution in [0.5, 0.6) is 11.5 Å². The first-order valence-corrected chi connectivity index (χ1v) is 4.54. The van der Waals surface area contributed by atoms with Gasteiger partial charge < -0.3 is 14.4 Å². The molecule has 0 aliphatic heterocycles. The predicted octanol–water partition coefficient (Wildman–Crippen LogP) is 1.60. The second-order valence-electron chi connectivity index (χ2n) is 3.21. The summed E-state index contributed by atoms with van der Waals surface area (Å²) in [5.74, 6) is 1.36. The van der Waals surface area contributed by atoms with Gasteiger partial charge in [-0.3, -0.25) is 4.79 Å². The first-order valence-electron chi connectivity index (χ1n) is 4.54. The quantitative estimate of drug-likeness (QED) is 0.707. The lowest BCUT2D eigenvalue weighted by Crippen LogP contribution is -2.15. The van der Waals surface area contributed by atoms with Gasteiger partial charge in [-0.1, -0.05) is 0 Å². The Morgan fingerprint density at radius 1 is 1.20 bits per heavy atom. The molecule has 82 valence electrons. The minimum atomic E-state index is 0.618. The van der Waals surface area contributed by atoms with E-state index in [1.807, 2.05) is 13.0 Å². The van der Waals surface area contributed by atoms with E-state index in [4.69, 9.17) is 9.47 Å². The molecule has 1 aromatic carbocycles.